The molecule has 12 heteroatoms. The second kappa shape index (κ2) is 13.7. The maximum Gasteiger partial charge on any atom is 0.274 e. The van der Waals surface area contributed by atoms with Crippen molar-refractivity contribution in [2.24, 2.45) is 5.92 Å². The van der Waals surface area contributed by atoms with Crippen LogP contribution in [0.1, 0.15) is 35.5 Å². The molecule has 2 aromatic heterocycles. The van der Waals surface area contributed by atoms with Gasteiger partial charge in [-0.2, -0.15) is 0 Å². The summed E-state index contributed by atoms with van der Waals surface area (Å²) < 4.78 is 0. The average Bonchev–Trinajstić information content (AvgIpc) is 2.99. The Morgan fingerprint density at radius 2 is 1.57 bits per heavy atom. The first kappa shape index (κ1) is 30.1. The molecule has 1 saturated heterocycles. The van der Waals surface area contributed by atoms with E-state index in [0.717, 1.165) is 5.56 Å². The Hall–Kier alpha value is -4.84. The first-order valence-electron chi connectivity index (χ1n) is 13.6. The van der Waals surface area contributed by atoms with Crippen LogP contribution in [0, 0.1) is 5.92 Å². The normalized spacial score (nSPS) is 25.2. The van der Waals surface area contributed by atoms with Gasteiger partial charge in [-0.25, -0.2) is 4.98 Å². The number of hydrogen-bond acceptors (Lipinski definition) is 8. The lowest BCUT2D eigenvalue weighted by molar-refractivity contribution is -0.136. The fourth-order valence-electron chi connectivity index (χ4n) is 4.78. The molecule has 1 fully saturated rings. The number of aromatic nitrogens is 2. The number of hydrogen-bond donors (Lipinski definition) is 6. The fourth-order valence-corrected chi connectivity index (χ4v) is 4.78. The van der Waals surface area contributed by atoms with Crippen molar-refractivity contribution in [3.63, 3.8) is 0 Å². The van der Waals surface area contributed by atoms with Gasteiger partial charge >= 0.3 is 0 Å². The van der Waals surface area contributed by atoms with Gasteiger partial charge in [-0.1, -0.05) is 43.3 Å². The van der Waals surface area contributed by atoms with E-state index >= 15 is 0 Å². The monoisotopic (exact) mass is 574 g/mol. The minimum absolute atomic E-state index is 0.133. The summed E-state index contributed by atoms with van der Waals surface area (Å²) in [4.78, 5) is 61.5. The van der Waals surface area contributed by atoms with Gasteiger partial charge in [0, 0.05) is 25.0 Å². The molecular formula is C30H34N6O6. The molecule has 42 heavy (non-hydrogen) atoms. The van der Waals surface area contributed by atoms with Gasteiger partial charge in [0.15, 0.2) is 5.69 Å². The second-order valence-electron chi connectivity index (χ2n) is 10.3. The number of aliphatic hydroxyl groups excluding tert-OH is 1. The third-order valence-corrected chi connectivity index (χ3v) is 7.20. The maximum absolute atomic E-state index is 13.7. The van der Waals surface area contributed by atoms with Gasteiger partial charge < -0.3 is 31.5 Å². The molecule has 3 heterocycles. The van der Waals surface area contributed by atoms with Gasteiger partial charge in [-0.15, -0.1) is 0 Å². The largest absolute Gasteiger partial charge is 0.505 e. The summed E-state index contributed by atoms with van der Waals surface area (Å²) in [6.45, 7) is 3.04. The number of carbonyl (C=O) groups excluding carboxylic acids is 4. The van der Waals surface area contributed by atoms with E-state index < -0.39 is 59.8 Å². The smallest absolute Gasteiger partial charge is 0.274 e. The second-order valence-corrected chi connectivity index (χ2v) is 10.3. The lowest BCUT2D eigenvalue weighted by Crippen LogP contribution is -2.64. The Morgan fingerprint density at radius 3 is 2.26 bits per heavy atom. The van der Waals surface area contributed by atoms with E-state index in [2.05, 4.69) is 31.2 Å². The number of aromatic hydroxyl groups is 1. The van der Waals surface area contributed by atoms with Crippen molar-refractivity contribution in [1.82, 2.24) is 31.2 Å². The van der Waals surface area contributed by atoms with Crippen LogP contribution in [0.3, 0.4) is 0 Å². The van der Waals surface area contributed by atoms with E-state index in [1.54, 1.807) is 24.5 Å². The SMILES string of the molecule is C[C@H]1NC(=O)C(Cc2ccccc2)NC(=O)[C@H](C)[C@H](O)[C@H](Cc2cccnc2)NC(=O)[C@H]1NC(=O)c1ncccc1O. The molecule has 1 unspecified atom stereocenters. The number of aliphatic hydroxyl groups is 1. The van der Waals surface area contributed by atoms with Crippen LogP contribution in [0.4, 0.5) is 0 Å². The number of nitrogens with zero attached hydrogens (tertiary/aromatic N) is 2. The van der Waals surface area contributed by atoms with Crippen LogP contribution in [-0.2, 0) is 27.2 Å². The lowest BCUT2D eigenvalue weighted by Gasteiger charge is -2.34. The molecule has 12 nitrogen and oxygen atoms in total. The summed E-state index contributed by atoms with van der Waals surface area (Å²) in [6.07, 6.45) is 3.42. The van der Waals surface area contributed by atoms with Crippen LogP contribution in [0.5, 0.6) is 5.75 Å². The van der Waals surface area contributed by atoms with Gasteiger partial charge in [0.1, 0.15) is 17.8 Å². The fraction of sp³-hybridized carbons (Fsp3) is 0.333. The standard InChI is InChI=1S/C30H34N6O6/c1-17-26(38)21(15-20-10-6-12-31-16-20)34-29(41)24(36-30(42)25-23(37)11-7-13-32-25)18(2)33-28(40)22(35-27(17)39)14-19-8-4-3-5-9-19/h3-13,16-18,21-22,24,26,37-38H,14-15H2,1-2H3,(H,33,40)(H,34,41)(H,35,39)(H,36,42)/t17-,18-,21+,22?,24+,26+/m1/s1. The Labute approximate surface area is 243 Å². The topological polar surface area (TPSA) is 183 Å². The molecule has 4 amide bonds. The number of carbonyl (C=O) groups is 4. The van der Waals surface area contributed by atoms with Gasteiger partial charge in [0.2, 0.25) is 17.7 Å². The number of rotatable bonds is 6. The zero-order chi connectivity index (χ0) is 30.2. The van der Waals surface area contributed by atoms with E-state index in [1.807, 2.05) is 30.3 Å². The van der Waals surface area contributed by atoms with Crippen molar-refractivity contribution in [2.75, 3.05) is 0 Å². The van der Waals surface area contributed by atoms with Crippen molar-refractivity contribution in [3.05, 3.63) is 90.0 Å². The van der Waals surface area contributed by atoms with Crippen LogP contribution in [0.25, 0.3) is 0 Å². The summed E-state index contributed by atoms with van der Waals surface area (Å²) in [5, 5.41) is 32.3. The molecule has 0 spiro atoms. The van der Waals surface area contributed by atoms with E-state index in [4.69, 9.17) is 0 Å². The first-order valence-corrected chi connectivity index (χ1v) is 13.6. The Kier molecular flexibility index (Phi) is 9.81. The highest BCUT2D eigenvalue weighted by Crippen LogP contribution is 2.17. The number of benzene rings is 1. The van der Waals surface area contributed by atoms with Crippen LogP contribution < -0.4 is 21.3 Å². The van der Waals surface area contributed by atoms with Crippen molar-refractivity contribution in [1.29, 1.82) is 0 Å². The highest BCUT2D eigenvalue weighted by molar-refractivity contribution is 5.98. The Morgan fingerprint density at radius 1 is 0.857 bits per heavy atom. The first-order chi connectivity index (χ1) is 20.1. The predicted molar refractivity (Wildman–Crippen MR) is 152 cm³/mol. The molecule has 1 aliphatic rings. The van der Waals surface area contributed by atoms with E-state index in [0.29, 0.717) is 5.56 Å². The molecule has 1 aliphatic heterocycles. The lowest BCUT2D eigenvalue weighted by atomic mass is 9.91. The minimum Gasteiger partial charge on any atom is -0.505 e. The van der Waals surface area contributed by atoms with Crippen molar-refractivity contribution in [2.45, 2.75) is 57.0 Å². The summed E-state index contributed by atoms with van der Waals surface area (Å²) >= 11 is 0. The van der Waals surface area contributed by atoms with Crippen LogP contribution in [0.2, 0.25) is 0 Å². The molecule has 1 aromatic carbocycles. The molecule has 6 N–H and O–H groups in total. The summed E-state index contributed by atoms with van der Waals surface area (Å²) in [6, 6.07) is 11.0. The summed E-state index contributed by atoms with van der Waals surface area (Å²) in [7, 11) is 0. The van der Waals surface area contributed by atoms with Gasteiger partial charge in [-0.3, -0.25) is 24.2 Å². The average molecular weight is 575 g/mol. The number of pyridine rings is 2. The van der Waals surface area contributed by atoms with Crippen molar-refractivity contribution in [3.8, 4) is 5.75 Å². The van der Waals surface area contributed by atoms with Crippen molar-refractivity contribution < 1.29 is 29.4 Å². The highest BCUT2D eigenvalue weighted by Gasteiger charge is 2.38. The third kappa shape index (κ3) is 7.46. The zero-order valence-corrected chi connectivity index (χ0v) is 23.2. The summed E-state index contributed by atoms with van der Waals surface area (Å²) in [5.41, 5.74) is 1.18. The molecule has 6 atom stereocenters. The quantitative estimate of drug-likeness (QED) is 0.242. The highest BCUT2D eigenvalue weighted by atomic mass is 16.3. The molecule has 220 valence electrons. The van der Waals surface area contributed by atoms with Gasteiger partial charge in [0.05, 0.1) is 24.1 Å². The number of amides is 4. The molecule has 3 aromatic rings. The predicted octanol–water partition coefficient (Wildman–Crippen LogP) is 0.251. The minimum atomic E-state index is -1.36. The van der Waals surface area contributed by atoms with E-state index in [9.17, 15) is 29.4 Å². The van der Waals surface area contributed by atoms with E-state index in [-0.39, 0.29) is 24.3 Å². The van der Waals surface area contributed by atoms with E-state index in [1.165, 1.54) is 32.2 Å². The summed E-state index contributed by atoms with van der Waals surface area (Å²) in [5.74, 6) is -4.10. The molecule has 0 aliphatic carbocycles. The van der Waals surface area contributed by atoms with Gasteiger partial charge in [0.25, 0.3) is 5.91 Å². The maximum atomic E-state index is 13.7. The molecule has 4 rings (SSSR count). The van der Waals surface area contributed by atoms with Gasteiger partial charge in [-0.05, 0) is 42.7 Å². The molecule has 0 saturated carbocycles. The Bertz CT molecular complexity index is 1410. The van der Waals surface area contributed by atoms with Crippen LogP contribution >= 0.6 is 0 Å². The van der Waals surface area contributed by atoms with Crippen molar-refractivity contribution >= 4 is 23.6 Å². The third-order valence-electron chi connectivity index (χ3n) is 7.20. The number of nitrogens with one attached hydrogen (secondary N) is 4. The molecule has 0 bridgehead atoms. The van der Waals surface area contributed by atoms with Crippen LogP contribution in [0.15, 0.2) is 73.2 Å². The zero-order valence-electron chi connectivity index (χ0n) is 23.2. The Balaban J connectivity index is 1.69. The molecular weight excluding hydrogens is 540 g/mol. The molecule has 0 radical (unpaired) electrons. The van der Waals surface area contributed by atoms with Crippen LogP contribution in [-0.4, -0.2) is 74.1 Å².